The summed E-state index contributed by atoms with van der Waals surface area (Å²) < 4.78 is 2.07. The molecule has 0 radical (unpaired) electrons. The maximum absolute atomic E-state index is 4.91. The quantitative estimate of drug-likeness (QED) is 0.555. The van der Waals surface area contributed by atoms with Crippen molar-refractivity contribution in [1.29, 1.82) is 0 Å². The highest BCUT2D eigenvalue weighted by atomic mass is 15.4. The SMILES string of the molecule is CCNC(=NCC1CN2CCN1CC2)NC1CCc2nc(CC)nn2C1. The van der Waals surface area contributed by atoms with Crippen molar-refractivity contribution < 1.29 is 0 Å². The second-order valence-corrected chi connectivity index (χ2v) is 7.57. The molecule has 1 aromatic heterocycles. The van der Waals surface area contributed by atoms with Crippen molar-refractivity contribution in [2.75, 3.05) is 45.8 Å². The number of hydrogen-bond donors (Lipinski definition) is 2. The standard InChI is InChI=1S/C18H32N8/c1-3-16-22-17-6-5-14(12-26(17)23-16)21-18(19-4-2)20-11-15-13-24-7-9-25(15)10-8-24/h14-15H,3-13H2,1-2H3,(H2,19,20,21). The Labute approximate surface area is 156 Å². The van der Waals surface area contributed by atoms with Gasteiger partial charge in [-0.3, -0.25) is 14.8 Å². The first kappa shape index (κ1) is 17.7. The smallest absolute Gasteiger partial charge is 0.191 e. The van der Waals surface area contributed by atoms with Gasteiger partial charge in [-0.1, -0.05) is 6.92 Å². The normalized spacial score (nSPS) is 30.9. The molecule has 0 aliphatic carbocycles. The maximum atomic E-state index is 4.91. The van der Waals surface area contributed by atoms with Gasteiger partial charge in [0.15, 0.2) is 11.8 Å². The molecule has 2 atom stereocenters. The number of rotatable bonds is 5. The maximum Gasteiger partial charge on any atom is 0.191 e. The van der Waals surface area contributed by atoms with Crippen molar-refractivity contribution in [1.82, 2.24) is 35.2 Å². The third-order valence-corrected chi connectivity index (χ3v) is 5.76. The Bertz CT molecular complexity index is 631. The molecule has 8 heteroatoms. The number of nitrogens with one attached hydrogen (secondary N) is 2. The van der Waals surface area contributed by atoms with Crippen LogP contribution in [0.3, 0.4) is 0 Å². The van der Waals surface area contributed by atoms with E-state index in [1.165, 1.54) is 26.2 Å². The Morgan fingerprint density at radius 2 is 2.04 bits per heavy atom. The van der Waals surface area contributed by atoms with E-state index in [9.17, 15) is 0 Å². The summed E-state index contributed by atoms with van der Waals surface area (Å²) in [4.78, 5) is 14.7. The molecule has 2 N–H and O–H groups in total. The van der Waals surface area contributed by atoms with E-state index < -0.39 is 0 Å². The monoisotopic (exact) mass is 360 g/mol. The van der Waals surface area contributed by atoms with Gasteiger partial charge in [0.1, 0.15) is 5.82 Å². The van der Waals surface area contributed by atoms with Gasteiger partial charge in [0.05, 0.1) is 13.1 Å². The van der Waals surface area contributed by atoms with Crippen molar-refractivity contribution in [2.24, 2.45) is 4.99 Å². The summed E-state index contributed by atoms with van der Waals surface area (Å²) in [5.41, 5.74) is 0. The Morgan fingerprint density at radius 1 is 1.19 bits per heavy atom. The zero-order valence-corrected chi connectivity index (χ0v) is 16.1. The first-order valence-corrected chi connectivity index (χ1v) is 10.2. The van der Waals surface area contributed by atoms with Gasteiger partial charge in [0.25, 0.3) is 0 Å². The van der Waals surface area contributed by atoms with Crippen molar-refractivity contribution in [3.8, 4) is 0 Å². The number of fused-ring (bicyclic) bond motifs is 4. The molecule has 1 aromatic rings. The Morgan fingerprint density at radius 3 is 2.73 bits per heavy atom. The van der Waals surface area contributed by atoms with E-state index in [0.29, 0.717) is 12.1 Å². The van der Waals surface area contributed by atoms with Crippen LogP contribution in [0.4, 0.5) is 0 Å². The lowest BCUT2D eigenvalue weighted by molar-refractivity contribution is 0.0174. The van der Waals surface area contributed by atoms with E-state index in [-0.39, 0.29) is 0 Å². The molecule has 26 heavy (non-hydrogen) atoms. The summed E-state index contributed by atoms with van der Waals surface area (Å²) in [5.74, 6) is 3.02. The van der Waals surface area contributed by atoms with Crippen LogP contribution in [0.25, 0.3) is 0 Å². The highest BCUT2D eigenvalue weighted by Gasteiger charge is 2.31. The number of aliphatic imine (C=N–C) groups is 1. The number of piperazine rings is 3. The minimum atomic E-state index is 0.360. The third-order valence-electron chi connectivity index (χ3n) is 5.76. The average Bonchev–Trinajstić information content (AvgIpc) is 3.10. The molecule has 0 spiro atoms. The predicted molar refractivity (Wildman–Crippen MR) is 102 cm³/mol. The Kier molecular flexibility index (Phi) is 5.40. The zero-order chi connectivity index (χ0) is 17.9. The second-order valence-electron chi connectivity index (χ2n) is 7.57. The largest absolute Gasteiger partial charge is 0.357 e. The minimum absolute atomic E-state index is 0.360. The average molecular weight is 361 g/mol. The van der Waals surface area contributed by atoms with Crippen molar-refractivity contribution in [3.05, 3.63) is 11.6 Å². The van der Waals surface area contributed by atoms with Gasteiger partial charge in [-0.25, -0.2) is 9.67 Å². The van der Waals surface area contributed by atoms with E-state index in [1.807, 2.05) is 0 Å². The molecule has 4 aliphatic rings. The lowest BCUT2D eigenvalue weighted by Crippen LogP contribution is -2.62. The number of aryl methyl sites for hydroxylation is 2. The number of guanidine groups is 1. The van der Waals surface area contributed by atoms with Crippen LogP contribution in [0, 0.1) is 0 Å². The van der Waals surface area contributed by atoms with E-state index >= 15 is 0 Å². The molecule has 5 heterocycles. The molecule has 144 valence electrons. The van der Waals surface area contributed by atoms with Gasteiger partial charge < -0.3 is 10.6 Å². The van der Waals surface area contributed by atoms with Crippen LogP contribution < -0.4 is 10.6 Å². The summed E-state index contributed by atoms with van der Waals surface area (Å²) >= 11 is 0. The summed E-state index contributed by atoms with van der Waals surface area (Å²) in [6, 6.07) is 0.923. The molecule has 0 aromatic carbocycles. The van der Waals surface area contributed by atoms with Crippen molar-refractivity contribution in [2.45, 2.75) is 51.7 Å². The molecule has 0 saturated carbocycles. The second kappa shape index (κ2) is 7.92. The molecule has 5 rings (SSSR count). The Balaban J connectivity index is 1.36. The first-order valence-electron chi connectivity index (χ1n) is 10.2. The van der Waals surface area contributed by atoms with Crippen LogP contribution in [0.1, 0.15) is 31.9 Å². The Hall–Kier alpha value is -1.67. The van der Waals surface area contributed by atoms with Crippen LogP contribution in [-0.2, 0) is 19.4 Å². The molecule has 2 bridgehead atoms. The molecule has 4 aliphatic heterocycles. The van der Waals surface area contributed by atoms with E-state index in [0.717, 1.165) is 63.0 Å². The molecule has 3 fully saturated rings. The topological polar surface area (TPSA) is 73.6 Å². The van der Waals surface area contributed by atoms with Crippen LogP contribution in [-0.4, -0.2) is 88.4 Å². The number of nitrogens with zero attached hydrogens (tertiary/aromatic N) is 6. The first-order chi connectivity index (χ1) is 12.7. The zero-order valence-electron chi connectivity index (χ0n) is 16.1. The summed E-state index contributed by atoms with van der Waals surface area (Å²) in [6.45, 7) is 12.9. The van der Waals surface area contributed by atoms with E-state index in [1.54, 1.807) is 0 Å². The summed E-state index contributed by atoms with van der Waals surface area (Å²) in [5, 5.41) is 11.7. The van der Waals surface area contributed by atoms with Gasteiger partial charge >= 0.3 is 0 Å². The van der Waals surface area contributed by atoms with E-state index in [4.69, 9.17) is 4.99 Å². The number of aromatic nitrogens is 3. The third kappa shape index (κ3) is 3.86. The highest BCUT2D eigenvalue weighted by molar-refractivity contribution is 5.80. The van der Waals surface area contributed by atoms with Gasteiger partial charge in [0, 0.05) is 64.2 Å². The molecule has 0 amide bonds. The fourth-order valence-corrected chi connectivity index (χ4v) is 4.24. The lowest BCUT2D eigenvalue weighted by atomic mass is 10.1. The molecular formula is C18H32N8. The molecule has 3 saturated heterocycles. The van der Waals surface area contributed by atoms with Gasteiger partial charge in [-0.15, -0.1) is 0 Å². The van der Waals surface area contributed by atoms with Crippen LogP contribution in [0.15, 0.2) is 4.99 Å². The molecular weight excluding hydrogens is 328 g/mol. The molecule has 2 unspecified atom stereocenters. The van der Waals surface area contributed by atoms with Gasteiger partial charge in [-0.2, -0.15) is 5.10 Å². The van der Waals surface area contributed by atoms with Gasteiger partial charge in [-0.05, 0) is 13.3 Å². The lowest BCUT2D eigenvalue weighted by Gasteiger charge is -2.47. The summed E-state index contributed by atoms with van der Waals surface area (Å²) in [6.07, 6.45) is 2.96. The minimum Gasteiger partial charge on any atom is -0.357 e. The van der Waals surface area contributed by atoms with Crippen LogP contribution in [0.2, 0.25) is 0 Å². The highest BCUT2D eigenvalue weighted by Crippen LogP contribution is 2.16. The fourth-order valence-electron chi connectivity index (χ4n) is 4.24. The fraction of sp³-hybridized carbons (Fsp3) is 0.833. The van der Waals surface area contributed by atoms with Crippen molar-refractivity contribution >= 4 is 5.96 Å². The van der Waals surface area contributed by atoms with Crippen molar-refractivity contribution in [3.63, 3.8) is 0 Å². The van der Waals surface area contributed by atoms with Crippen LogP contribution >= 0.6 is 0 Å². The predicted octanol–water partition coefficient (Wildman–Crippen LogP) is -0.290. The van der Waals surface area contributed by atoms with Crippen LogP contribution in [0.5, 0.6) is 0 Å². The van der Waals surface area contributed by atoms with Gasteiger partial charge in [0.2, 0.25) is 0 Å². The number of hydrogen-bond acceptors (Lipinski definition) is 5. The summed E-state index contributed by atoms with van der Waals surface area (Å²) in [7, 11) is 0. The molecule has 8 nitrogen and oxygen atoms in total. The van der Waals surface area contributed by atoms with E-state index in [2.05, 4.69) is 49.0 Å².